The molecule has 2 heterocycles. The predicted molar refractivity (Wildman–Crippen MR) is 110 cm³/mol. The fraction of sp³-hybridized carbons (Fsp3) is 0.350. The molecule has 0 atom stereocenters. The van der Waals surface area contributed by atoms with Crippen molar-refractivity contribution in [2.45, 2.75) is 33.2 Å². The molecule has 0 bridgehead atoms. The molecule has 142 valence electrons. The van der Waals surface area contributed by atoms with E-state index in [1.54, 1.807) is 18.2 Å². The predicted octanol–water partition coefficient (Wildman–Crippen LogP) is 4.38. The quantitative estimate of drug-likeness (QED) is 0.753. The molecule has 1 aliphatic heterocycles. The van der Waals surface area contributed by atoms with Gasteiger partial charge in [0.1, 0.15) is 0 Å². The molecule has 0 unspecified atom stereocenters. The molecule has 2 aromatic rings. The van der Waals surface area contributed by atoms with Crippen molar-refractivity contribution in [2.75, 3.05) is 11.9 Å². The third-order valence-electron chi connectivity index (χ3n) is 4.17. The van der Waals surface area contributed by atoms with E-state index in [-0.39, 0.29) is 11.8 Å². The Morgan fingerprint density at radius 3 is 2.96 bits per heavy atom. The van der Waals surface area contributed by atoms with Crippen LogP contribution in [0.1, 0.15) is 36.4 Å². The molecule has 2 amide bonds. The molecule has 1 aromatic carbocycles. The molecule has 0 fully saturated rings. The van der Waals surface area contributed by atoms with Crippen molar-refractivity contribution < 1.29 is 9.59 Å². The summed E-state index contributed by atoms with van der Waals surface area (Å²) in [4.78, 5) is 31.9. The van der Waals surface area contributed by atoms with E-state index in [2.05, 4.69) is 10.3 Å². The number of nitrogens with one attached hydrogen (secondary N) is 1. The normalized spacial score (nSPS) is 13.9. The number of fused-ring (bicyclic) bond motifs is 1. The number of halogens is 1. The van der Waals surface area contributed by atoms with Crippen molar-refractivity contribution in [3.63, 3.8) is 0 Å². The third-order valence-corrected chi connectivity index (χ3v) is 5.41. The van der Waals surface area contributed by atoms with Crippen LogP contribution in [0.15, 0.2) is 30.3 Å². The fourth-order valence-electron chi connectivity index (χ4n) is 2.87. The van der Waals surface area contributed by atoms with Gasteiger partial charge >= 0.3 is 0 Å². The van der Waals surface area contributed by atoms with Crippen LogP contribution in [-0.4, -0.2) is 28.2 Å². The van der Waals surface area contributed by atoms with Crippen LogP contribution in [0.5, 0.6) is 0 Å². The number of hydrogen-bond donors (Lipinski definition) is 1. The lowest BCUT2D eigenvalue weighted by atomic mass is 10.1. The summed E-state index contributed by atoms with van der Waals surface area (Å²) in [6.45, 7) is 5.35. The lowest BCUT2D eigenvalue weighted by Crippen LogP contribution is -2.36. The average Bonchev–Trinajstić information content (AvgIpc) is 3.00. The lowest BCUT2D eigenvalue weighted by molar-refractivity contribution is -0.132. The summed E-state index contributed by atoms with van der Waals surface area (Å²) in [7, 11) is 0. The molecule has 1 N–H and O–H groups in total. The molecule has 27 heavy (non-hydrogen) atoms. The van der Waals surface area contributed by atoms with Crippen LogP contribution in [0.25, 0.3) is 6.08 Å². The first-order valence-electron chi connectivity index (χ1n) is 8.91. The fourth-order valence-corrected chi connectivity index (χ4v) is 4.09. The Hall–Kier alpha value is -2.18. The molecule has 0 saturated heterocycles. The minimum absolute atomic E-state index is 0.180. The maximum atomic E-state index is 12.3. The standard InChI is InChI=1S/C20H22ClN3O2S/c1-13(2)10-19(26)24-9-8-16-17(12-24)27-20(22-16)23-18(25)7-6-14-4-3-5-15(21)11-14/h3-7,11,13H,8-10,12H2,1-2H3,(H,22,23,25)/b7-6+. The van der Waals surface area contributed by atoms with Gasteiger partial charge in [-0.15, -0.1) is 0 Å². The Kier molecular flexibility index (Phi) is 6.29. The van der Waals surface area contributed by atoms with E-state index < -0.39 is 0 Å². The molecule has 7 heteroatoms. The van der Waals surface area contributed by atoms with Gasteiger partial charge in [-0.2, -0.15) is 0 Å². The summed E-state index contributed by atoms with van der Waals surface area (Å²) in [5, 5.41) is 4.00. The van der Waals surface area contributed by atoms with Crippen molar-refractivity contribution in [1.82, 2.24) is 9.88 Å². The average molecular weight is 404 g/mol. The van der Waals surface area contributed by atoms with Gasteiger partial charge in [0.15, 0.2) is 5.13 Å². The second kappa shape index (κ2) is 8.67. The van der Waals surface area contributed by atoms with Crippen molar-refractivity contribution in [3.05, 3.63) is 51.5 Å². The summed E-state index contributed by atoms with van der Waals surface area (Å²) in [6.07, 6.45) is 4.46. The summed E-state index contributed by atoms with van der Waals surface area (Å²) < 4.78 is 0. The van der Waals surface area contributed by atoms with Crippen LogP contribution >= 0.6 is 22.9 Å². The summed E-state index contributed by atoms with van der Waals surface area (Å²) >= 11 is 7.37. The lowest BCUT2D eigenvalue weighted by Gasteiger charge is -2.26. The number of rotatable bonds is 5. The number of anilines is 1. The van der Waals surface area contributed by atoms with E-state index in [0.717, 1.165) is 22.6 Å². The van der Waals surface area contributed by atoms with Gasteiger partial charge < -0.3 is 4.90 Å². The summed E-state index contributed by atoms with van der Waals surface area (Å²) in [5.41, 5.74) is 1.83. The molecular weight excluding hydrogens is 382 g/mol. The molecule has 0 saturated carbocycles. The molecule has 0 radical (unpaired) electrons. The van der Waals surface area contributed by atoms with Crippen LogP contribution in [0.3, 0.4) is 0 Å². The first kappa shape index (κ1) is 19.6. The minimum atomic E-state index is -0.242. The first-order chi connectivity index (χ1) is 12.9. The van der Waals surface area contributed by atoms with Gasteiger partial charge in [0.25, 0.3) is 0 Å². The van der Waals surface area contributed by atoms with E-state index >= 15 is 0 Å². The molecule has 1 aliphatic rings. The number of thiazole rings is 1. The number of carbonyl (C=O) groups is 2. The van der Waals surface area contributed by atoms with Gasteiger partial charge in [-0.3, -0.25) is 14.9 Å². The molecule has 1 aromatic heterocycles. The van der Waals surface area contributed by atoms with Crippen molar-refractivity contribution in [2.24, 2.45) is 5.92 Å². The van der Waals surface area contributed by atoms with E-state index in [1.807, 2.05) is 30.9 Å². The highest BCUT2D eigenvalue weighted by molar-refractivity contribution is 7.15. The Labute approximate surface area is 168 Å². The maximum Gasteiger partial charge on any atom is 0.250 e. The SMILES string of the molecule is CC(C)CC(=O)N1CCc2nc(NC(=O)/C=C/c3cccc(Cl)c3)sc2C1. The molecule has 3 rings (SSSR count). The van der Waals surface area contributed by atoms with Crippen molar-refractivity contribution >= 4 is 46.0 Å². The van der Waals surface area contributed by atoms with Gasteiger partial charge in [-0.05, 0) is 29.7 Å². The van der Waals surface area contributed by atoms with Gasteiger partial charge in [0, 0.05) is 35.4 Å². The number of carbonyl (C=O) groups excluding carboxylic acids is 2. The van der Waals surface area contributed by atoms with E-state index in [9.17, 15) is 9.59 Å². The van der Waals surface area contributed by atoms with E-state index in [0.29, 0.717) is 35.6 Å². The van der Waals surface area contributed by atoms with Gasteiger partial charge in [0.2, 0.25) is 11.8 Å². The number of nitrogens with zero attached hydrogens (tertiary/aromatic N) is 2. The van der Waals surface area contributed by atoms with Gasteiger partial charge in [-0.25, -0.2) is 4.98 Å². The molecule has 0 spiro atoms. The molecule has 0 aliphatic carbocycles. The smallest absolute Gasteiger partial charge is 0.250 e. The van der Waals surface area contributed by atoms with Gasteiger partial charge in [-0.1, -0.05) is 48.9 Å². The first-order valence-corrected chi connectivity index (χ1v) is 10.1. The van der Waals surface area contributed by atoms with E-state index in [4.69, 9.17) is 11.6 Å². The van der Waals surface area contributed by atoms with Crippen molar-refractivity contribution in [1.29, 1.82) is 0 Å². The van der Waals surface area contributed by atoms with Crippen LogP contribution in [0, 0.1) is 5.92 Å². The summed E-state index contributed by atoms with van der Waals surface area (Å²) in [5.74, 6) is 0.286. The Morgan fingerprint density at radius 2 is 2.22 bits per heavy atom. The molecule has 5 nitrogen and oxygen atoms in total. The Morgan fingerprint density at radius 1 is 1.41 bits per heavy atom. The maximum absolute atomic E-state index is 12.3. The van der Waals surface area contributed by atoms with Crippen LogP contribution < -0.4 is 5.32 Å². The Balaban J connectivity index is 1.61. The highest BCUT2D eigenvalue weighted by Gasteiger charge is 2.24. The highest BCUT2D eigenvalue weighted by Crippen LogP contribution is 2.29. The number of hydrogen-bond acceptors (Lipinski definition) is 4. The topological polar surface area (TPSA) is 62.3 Å². The monoisotopic (exact) mass is 403 g/mol. The van der Waals surface area contributed by atoms with Crippen LogP contribution in [0.4, 0.5) is 5.13 Å². The van der Waals surface area contributed by atoms with Crippen LogP contribution in [0.2, 0.25) is 5.02 Å². The second-order valence-electron chi connectivity index (χ2n) is 6.93. The zero-order valence-corrected chi connectivity index (χ0v) is 16.9. The number of amides is 2. The van der Waals surface area contributed by atoms with Crippen LogP contribution in [-0.2, 0) is 22.6 Å². The van der Waals surface area contributed by atoms with Crippen molar-refractivity contribution in [3.8, 4) is 0 Å². The minimum Gasteiger partial charge on any atom is -0.337 e. The molecular formula is C20H22ClN3O2S. The zero-order chi connectivity index (χ0) is 19.4. The van der Waals surface area contributed by atoms with Gasteiger partial charge in [0.05, 0.1) is 12.2 Å². The number of benzene rings is 1. The summed E-state index contributed by atoms with van der Waals surface area (Å²) in [6, 6.07) is 7.28. The zero-order valence-electron chi connectivity index (χ0n) is 15.4. The second-order valence-corrected chi connectivity index (χ2v) is 8.45. The largest absolute Gasteiger partial charge is 0.337 e. The third kappa shape index (κ3) is 5.40. The highest BCUT2D eigenvalue weighted by atomic mass is 35.5. The van der Waals surface area contributed by atoms with E-state index in [1.165, 1.54) is 17.4 Å². The Bertz CT molecular complexity index is 876. The number of aromatic nitrogens is 1.